The van der Waals surface area contributed by atoms with Crippen molar-refractivity contribution in [1.82, 2.24) is 14.5 Å². The fraction of sp³-hybridized carbons (Fsp3) is 0.438. The van der Waals surface area contributed by atoms with Gasteiger partial charge in [0.2, 0.25) is 10.0 Å². The molecule has 2 rings (SSSR count). The Hall–Kier alpha value is -1.61. The molecule has 0 bridgehead atoms. The van der Waals surface area contributed by atoms with Crippen molar-refractivity contribution in [3.8, 4) is 5.75 Å². The Bertz CT molecular complexity index is 836. The van der Waals surface area contributed by atoms with Crippen LogP contribution in [0.5, 0.6) is 5.75 Å². The molecule has 1 aromatic carbocycles. The molecule has 1 atom stereocenters. The Morgan fingerprint density at radius 2 is 2.12 bits per heavy atom. The summed E-state index contributed by atoms with van der Waals surface area (Å²) in [5.41, 5.74) is 1.42. The van der Waals surface area contributed by atoms with Crippen LogP contribution in [0.3, 0.4) is 0 Å². The molecule has 0 aliphatic carbocycles. The molecule has 0 radical (unpaired) electrons. The van der Waals surface area contributed by atoms with Crippen molar-refractivity contribution in [2.24, 2.45) is 7.05 Å². The van der Waals surface area contributed by atoms with Crippen LogP contribution in [0, 0.1) is 6.92 Å². The Balaban J connectivity index is 2.43. The summed E-state index contributed by atoms with van der Waals surface area (Å²) in [5, 5.41) is 4.43. The third kappa shape index (κ3) is 4.52. The van der Waals surface area contributed by atoms with E-state index in [1.807, 2.05) is 0 Å². The molecule has 1 heterocycles. The van der Waals surface area contributed by atoms with Crippen LogP contribution in [0.25, 0.3) is 0 Å². The van der Waals surface area contributed by atoms with Gasteiger partial charge in [-0.15, -0.1) is 0 Å². The molecular formula is C16H22ClN3O4S. The second kappa shape index (κ2) is 8.18. The number of aromatic nitrogens is 2. The molecule has 0 saturated heterocycles. The zero-order valence-electron chi connectivity index (χ0n) is 14.6. The highest BCUT2D eigenvalue weighted by molar-refractivity contribution is 7.89. The minimum Gasteiger partial charge on any atom is -0.492 e. The Kier molecular flexibility index (Phi) is 6.45. The molecule has 2 aromatic rings. The number of ether oxygens (including phenoxy) is 2. The number of methoxy groups -OCH3 is 1. The molecule has 0 saturated carbocycles. The van der Waals surface area contributed by atoms with Crippen molar-refractivity contribution >= 4 is 21.6 Å². The fourth-order valence-corrected chi connectivity index (χ4v) is 4.01. The third-order valence-corrected chi connectivity index (χ3v) is 5.56. The van der Waals surface area contributed by atoms with Crippen molar-refractivity contribution in [3.05, 3.63) is 40.7 Å². The molecule has 0 amide bonds. The minimum absolute atomic E-state index is 0.00628. The van der Waals surface area contributed by atoms with Crippen LogP contribution in [-0.2, 0) is 21.8 Å². The van der Waals surface area contributed by atoms with E-state index in [1.54, 1.807) is 43.9 Å². The Morgan fingerprint density at radius 3 is 2.68 bits per heavy atom. The minimum atomic E-state index is -3.90. The lowest BCUT2D eigenvalue weighted by Crippen LogP contribution is -2.33. The van der Waals surface area contributed by atoms with Crippen molar-refractivity contribution in [1.29, 1.82) is 0 Å². The van der Waals surface area contributed by atoms with E-state index < -0.39 is 16.1 Å². The zero-order valence-corrected chi connectivity index (χ0v) is 16.2. The summed E-state index contributed by atoms with van der Waals surface area (Å²) in [6, 6.07) is 4.15. The smallest absolute Gasteiger partial charge is 0.244 e. The number of nitrogens with zero attached hydrogens (tertiary/aromatic N) is 2. The lowest BCUT2D eigenvalue weighted by atomic mass is 10.2. The van der Waals surface area contributed by atoms with Crippen LogP contribution in [0.15, 0.2) is 29.3 Å². The van der Waals surface area contributed by atoms with Gasteiger partial charge in [0.1, 0.15) is 10.6 Å². The van der Waals surface area contributed by atoms with Gasteiger partial charge in [-0.1, -0.05) is 11.6 Å². The van der Waals surface area contributed by atoms with Crippen LogP contribution in [-0.4, -0.2) is 38.5 Å². The molecule has 138 valence electrons. The third-order valence-electron chi connectivity index (χ3n) is 3.66. The molecule has 1 aromatic heterocycles. The summed E-state index contributed by atoms with van der Waals surface area (Å²) in [6.07, 6.45) is 1.60. The highest BCUT2D eigenvalue weighted by Gasteiger charge is 2.27. The highest BCUT2D eigenvalue weighted by Crippen LogP contribution is 2.31. The fourth-order valence-electron chi connectivity index (χ4n) is 2.44. The molecule has 25 heavy (non-hydrogen) atoms. The lowest BCUT2D eigenvalue weighted by Gasteiger charge is -2.20. The molecule has 0 fully saturated rings. The lowest BCUT2D eigenvalue weighted by molar-refractivity contribution is 0.172. The van der Waals surface area contributed by atoms with Gasteiger partial charge in [0.25, 0.3) is 0 Å². The molecule has 1 N–H and O–H groups in total. The number of aryl methyl sites for hydroxylation is 2. The normalized spacial score (nSPS) is 13.0. The quantitative estimate of drug-likeness (QED) is 0.752. The zero-order chi connectivity index (χ0) is 18.6. The van der Waals surface area contributed by atoms with Gasteiger partial charge in [0.05, 0.1) is 24.9 Å². The topological polar surface area (TPSA) is 82.5 Å². The highest BCUT2D eigenvalue weighted by atomic mass is 35.5. The number of rotatable bonds is 8. The van der Waals surface area contributed by atoms with Gasteiger partial charge in [-0.3, -0.25) is 4.68 Å². The van der Waals surface area contributed by atoms with Crippen molar-refractivity contribution in [3.63, 3.8) is 0 Å². The van der Waals surface area contributed by atoms with E-state index in [9.17, 15) is 8.42 Å². The van der Waals surface area contributed by atoms with Crippen molar-refractivity contribution in [2.75, 3.05) is 20.3 Å². The van der Waals surface area contributed by atoms with Crippen LogP contribution in [0.2, 0.25) is 5.02 Å². The van der Waals surface area contributed by atoms with Crippen LogP contribution >= 0.6 is 11.6 Å². The first kappa shape index (κ1) is 19.7. The van der Waals surface area contributed by atoms with E-state index in [2.05, 4.69) is 9.82 Å². The van der Waals surface area contributed by atoms with E-state index >= 15 is 0 Å². The number of nitrogens with one attached hydrogen (secondary N) is 1. The number of hydrogen-bond acceptors (Lipinski definition) is 5. The maximum absolute atomic E-state index is 12.9. The average molecular weight is 388 g/mol. The summed E-state index contributed by atoms with van der Waals surface area (Å²) in [4.78, 5) is -0.00628. The number of hydrogen-bond donors (Lipinski definition) is 1. The number of halogens is 1. The van der Waals surface area contributed by atoms with Crippen molar-refractivity contribution < 1.29 is 17.9 Å². The van der Waals surface area contributed by atoms with Crippen molar-refractivity contribution in [2.45, 2.75) is 24.8 Å². The molecule has 1 unspecified atom stereocenters. The predicted octanol–water partition coefficient (Wildman–Crippen LogP) is 2.45. The van der Waals surface area contributed by atoms with E-state index in [-0.39, 0.29) is 17.3 Å². The largest absolute Gasteiger partial charge is 0.492 e. The summed E-state index contributed by atoms with van der Waals surface area (Å²) in [7, 11) is -0.654. The summed E-state index contributed by atoms with van der Waals surface area (Å²) in [6.45, 7) is 4.07. The first-order valence-electron chi connectivity index (χ1n) is 7.72. The SMILES string of the molecule is CCOc1cc(C)c(Cl)cc1S(=O)(=O)NC(COC)c1ccnn1C. The van der Waals surface area contributed by atoms with Gasteiger partial charge in [-0.2, -0.15) is 9.82 Å². The van der Waals surface area contributed by atoms with Crippen LogP contribution < -0.4 is 9.46 Å². The standard InChI is InChI=1S/C16H22ClN3O4S/c1-5-24-15-8-11(2)12(17)9-16(15)25(21,22)19-13(10-23-4)14-6-7-18-20(14)3/h6-9,13,19H,5,10H2,1-4H3. The van der Waals surface area contributed by atoms with E-state index in [1.165, 1.54) is 13.2 Å². The number of sulfonamides is 1. The van der Waals surface area contributed by atoms with Crippen LogP contribution in [0.4, 0.5) is 0 Å². The first-order valence-corrected chi connectivity index (χ1v) is 9.58. The maximum atomic E-state index is 12.9. The molecule has 9 heteroatoms. The predicted molar refractivity (Wildman–Crippen MR) is 95.5 cm³/mol. The summed E-state index contributed by atoms with van der Waals surface area (Å²) < 4.78 is 40.8. The van der Waals surface area contributed by atoms with E-state index in [0.717, 1.165) is 5.56 Å². The second-order valence-electron chi connectivity index (χ2n) is 5.49. The summed E-state index contributed by atoms with van der Waals surface area (Å²) >= 11 is 6.13. The van der Waals surface area contributed by atoms with Gasteiger partial charge in [-0.25, -0.2) is 8.42 Å². The van der Waals surface area contributed by atoms with E-state index in [4.69, 9.17) is 21.1 Å². The van der Waals surface area contributed by atoms with Gasteiger partial charge in [-0.05, 0) is 37.6 Å². The summed E-state index contributed by atoms with van der Waals surface area (Å²) in [5.74, 6) is 0.262. The van der Waals surface area contributed by atoms with Gasteiger partial charge >= 0.3 is 0 Å². The number of benzene rings is 1. The first-order chi connectivity index (χ1) is 11.8. The molecular weight excluding hydrogens is 366 g/mol. The Morgan fingerprint density at radius 1 is 1.40 bits per heavy atom. The molecule has 7 nitrogen and oxygen atoms in total. The molecule has 0 spiro atoms. The Labute approximate surface area is 152 Å². The molecule has 0 aliphatic rings. The van der Waals surface area contributed by atoms with Gasteiger partial charge < -0.3 is 9.47 Å². The monoisotopic (exact) mass is 387 g/mol. The second-order valence-corrected chi connectivity index (χ2v) is 7.58. The average Bonchev–Trinajstić information content (AvgIpc) is 2.96. The van der Waals surface area contributed by atoms with Gasteiger partial charge in [0.15, 0.2) is 0 Å². The molecule has 0 aliphatic heterocycles. The van der Waals surface area contributed by atoms with Gasteiger partial charge in [0, 0.05) is 25.4 Å². The maximum Gasteiger partial charge on any atom is 0.244 e. The van der Waals surface area contributed by atoms with Crippen LogP contribution in [0.1, 0.15) is 24.2 Å². The van der Waals surface area contributed by atoms with E-state index in [0.29, 0.717) is 17.3 Å².